The largest absolute Gasteiger partial charge is 0.416 e. The van der Waals surface area contributed by atoms with E-state index < -0.39 is 11.7 Å². The number of carbonyl (C=O) groups is 1. The fraction of sp³-hybridized carbons (Fsp3) is 0.474. The number of likely N-dealkylation sites (tertiary alicyclic amines) is 1. The topological polar surface area (TPSA) is 49.0 Å². The molecule has 2 atom stereocenters. The van der Waals surface area contributed by atoms with Crippen LogP contribution in [0, 0.1) is 0 Å². The molecule has 0 saturated carbocycles. The number of carbonyl (C=O) groups excluding carboxylic acids is 1. The predicted octanol–water partition coefficient (Wildman–Crippen LogP) is 4.90. The zero-order chi connectivity index (χ0) is 19.6. The third-order valence-electron chi connectivity index (χ3n) is 4.92. The molecular formula is C19H22F3N3OS. The first kappa shape index (κ1) is 19.8. The standard InChI is InChI=1S/C19H22F3N3OS/c1-12(27-2)18(26)25-10-4-3-5-16(25)17-23-11-15(24-17)13-6-8-14(9-7-13)19(20,21)22/h6-9,11-12,16H,3-5,10H2,1-2H3,(H,23,24). The minimum Gasteiger partial charge on any atom is -0.340 e. The van der Waals surface area contributed by atoms with Crippen LogP contribution in [0.1, 0.15) is 43.6 Å². The van der Waals surface area contributed by atoms with Crippen LogP contribution in [-0.2, 0) is 11.0 Å². The number of rotatable bonds is 4. The average molecular weight is 397 g/mol. The van der Waals surface area contributed by atoms with Gasteiger partial charge in [-0.3, -0.25) is 4.79 Å². The molecule has 2 unspecified atom stereocenters. The Morgan fingerprint density at radius 3 is 2.63 bits per heavy atom. The molecule has 2 aromatic rings. The van der Waals surface area contributed by atoms with Gasteiger partial charge in [0.15, 0.2) is 0 Å². The van der Waals surface area contributed by atoms with Gasteiger partial charge in [-0.1, -0.05) is 12.1 Å². The van der Waals surface area contributed by atoms with E-state index in [4.69, 9.17) is 0 Å². The fourth-order valence-electron chi connectivity index (χ4n) is 3.31. The van der Waals surface area contributed by atoms with Crippen LogP contribution in [0.2, 0.25) is 0 Å². The summed E-state index contributed by atoms with van der Waals surface area (Å²) in [7, 11) is 0. The van der Waals surface area contributed by atoms with Crippen LogP contribution < -0.4 is 0 Å². The number of alkyl halides is 3. The first-order valence-electron chi connectivity index (χ1n) is 8.87. The second-order valence-corrected chi connectivity index (χ2v) is 7.86. The lowest BCUT2D eigenvalue weighted by atomic mass is 10.0. The van der Waals surface area contributed by atoms with E-state index in [-0.39, 0.29) is 17.2 Å². The van der Waals surface area contributed by atoms with Crippen LogP contribution in [0.15, 0.2) is 30.5 Å². The average Bonchev–Trinajstić information content (AvgIpc) is 3.16. The molecule has 3 rings (SSSR count). The normalized spacial score (nSPS) is 19.1. The van der Waals surface area contributed by atoms with Gasteiger partial charge in [0.05, 0.1) is 28.7 Å². The quantitative estimate of drug-likeness (QED) is 0.798. The van der Waals surface area contributed by atoms with Crippen molar-refractivity contribution in [3.05, 3.63) is 41.9 Å². The molecule has 1 fully saturated rings. The molecule has 0 radical (unpaired) electrons. The van der Waals surface area contributed by atoms with Gasteiger partial charge in [0.2, 0.25) is 5.91 Å². The lowest BCUT2D eigenvalue weighted by Gasteiger charge is -2.36. The number of nitrogens with zero attached hydrogens (tertiary/aromatic N) is 2. The van der Waals surface area contributed by atoms with E-state index in [1.165, 1.54) is 23.9 Å². The van der Waals surface area contributed by atoms with Gasteiger partial charge < -0.3 is 9.88 Å². The van der Waals surface area contributed by atoms with Crippen molar-refractivity contribution in [3.8, 4) is 11.3 Å². The molecule has 8 heteroatoms. The third kappa shape index (κ3) is 4.31. The summed E-state index contributed by atoms with van der Waals surface area (Å²) < 4.78 is 38.2. The molecule has 1 saturated heterocycles. The monoisotopic (exact) mass is 397 g/mol. The highest BCUT2D eigenvalue weighted by molar-refractivity contribution is 7.99. The zero-order valence-electron chi connectivity index (χ0n) is 15.2. The van der Waals surface area contributed by atoms with Crippen LogP contribution in [-0.4, -0.2) is 38.8 Å². The molecule has 146 valence electrons. The van der Waals surface area contributed by atoms with E-state index in [0.29, 0.717) is 23.6 Å². The van der Waals surface area contributed by atoms with E-state index in [0.717, 1.165) is 31.4 Å². The highest BCUT2D eigenvalue weighted by Crippen LogP contribution is 2.33. The van der Waals surface area contributed by atoms with E-state index in [1.54, 1.807) is 6.20 Å². The molecular weight excluding hydrogens is 375 g/mol. The number of thioether (sulfide) groups is 1. The number of H-pyrrole nitrogens is 1. The second kappa shape index (κ2) is 7.96. The fourth-order valence-corrected chi connectivity index (χ4v) is 3.64. The van der Waals surface area contributed by atoms with Crippen molar-refractivity contribution < 1.29 is 18.0 Å². The van der Waals surface area contributed by atoms with Crippen molar-refractivity contribution >= 4 is 17.7 Å². The first-order chi connectivity index (χ1) is 12.8. The molecule has 0 aliphatic carbocycles. The lowest BCUT2D eigenvalue weighted by Crippen LogP contribution is -2.42. The van der Waals surface area contributed by atoms with E-state index in [2.05, 4.69) is 9.97 Å². The molecule has 1 aliphatic rings. The van der Waals surface area contributed by atoms with Gasteiger partial charge in [-0.15, -0.1) is 0 Å². The lowest BCUT2D eigenvalue weighted by molar-refractivity contribution is -0.137. The van der Waals surface area contributed by atoms with Gasteiger partial charge in [0, 0.05) is 6.54 Å². The molecule has 1 N–H and O–H groups in total. The molecule has 4 nitrogen and oxygen atoms in total. The van der Waals surface area contributed by atoms with Gasteiger partial charge in [-0.05, 0) is 50.1 Å². The van der Waals surface area contributed by atoms with Crippen LogP contribution in [0.3, 0.4) is 0 Å². The summed E-state index contributed by atoms with van der Waals surface area (Å²) in [6.07, 6.45) is 1.99. The molecule has 1 aliphatic heterocycles. The summed E-state index contributed by atoms with van der Waals surface area (Å²) in [6, 6.07) is 4.86. The van der Waals surface area contributed by atoms with Crippen molar-refractivity contribution in [2.75, 3.05) is 12.8 Å². The maximum atomic E-state index is 12.7. The summed E-state index contributed by atoms with van der Waals surface area (Å²) in [5.41, 5.74) is 0.601. The number of hydrogen-bond donors (Lipinski definition) is 1. The Hall–Kier alpha value is -1.96. The number of nitrogens with one attached hydrogen (secondary N) is 1. The summed E-state index contributed by atoms with van der Waals surface area (Å²) in [4.78, 5) is 22.2. The van der Waals surface area contributed by atoms with E-state index >= 15 is 0 Å². The Kier molecular flexibility index (Phi) is 5.83. The minimum absolute atomic E-state index is 0.0969. The highest BCUT2D eigenvalue weighted by atomic mass is 32.2. The molecule has 1 amide bonds. The molecule has 1 aromatic carbocycles. The zero-order valence-corrected chi connectivity index (χ0v) is 16.0. The Balaban J connectivity index is 1.82. The summed E-state index contributed by atoms with van der Waals surface area (Å²) >= 11 is 1.52. The smallest absolute Gasteiger partial charge is 0.340 e. The molecule has 27 heavy (non-hydrogen) atoms. The maximum absolute atomic E-state index is 12.7. The van der Waals surface area contributed by atoms with Gasteiger partial charge in [0.25, 0.3) is 0 Å². The summed E-state index contributed by atoms with van der Waals surface area (Å²) in [5, 5.41) is -0.116. The van der Waals surface area contributed by atoms with Gasteiger partial charge in [0.1, 0.15) is 5.82 Å². The van der Waals surface area contributed by atoms with Crippen LogP contribution >= 0.6 is 11.8 Å². The molecule has 1 aromatic heterocycles. The number of aromatic amines is 1. The Bertz CT molecular complexity index is 788. The molecule has 0 spiro atoms. The Labute approximate surface area is 160 Å². The number of imidazole rings is 1. The number of hydrogen-bond acceptors (Lipinski definition) is 3. The maximum Gasteiger partial charge on any atom is 0.416 e. The number of halogens is 3. The van der Waals surface area contributed by atoms with Crippen molar-refractivity contribution in [2.45, 2.75) is 43.7 Å². The van der Waals surface area contributed by atoms with E-state index in [9.17, 15) is 18.0 Å². The Morgan fingerprint density at radius 2 is 2.00 bits per heavy atom. The summed E-state index contributed by atoms with van der Waals surface area (Å²) in [5.74, 6) is 0.783. The minimum atomic E-state index is -4.35. The van der Waals surface area contributed by atoms with Crippen LogP contribution in [0.5, 0.6) is 0 Å². The second-order valence-electron chi connectivity index (χ2n) is 6.68. The third-order valence-corrected chi connectivity index (χ3v) is 5.83. The number of amides is 1. The van der Waals surface area contributed by atoms with Crippen LogP contribution in [0.25, 0.3) is 11.3 Å². The van der Waals surface area contributed by atoms with E-state index in [1.807, 2.05) is 18.1 Å². The van der Waals surface area contributed by atoms with Crippen molar-refractivity contribution in [3.63, 3.8) is 0 Å². The van der Waals surface area contributed by atoms with Crippen molar-refractivity contribution in [1.82, 2.24) is 14.9 Å². The summed E-state index contributed by atoms with van der Waals surface area (Å²) in [6.45, 7) is 2.60. The van der Waals surface area contributed by atoms with Gasteiger partial charge in [-0.2, -0.15) is 24.9 Å². The van der Waals surface area contributed by atoms with Crippen molar-refractivity contribution in [1.29, 1.82) is 0 Å². The van der Waals surface area contributed by atoms with Crippen molar-refractivity contribution in [2.24, 2.45) is 0 Å². The number of piperidine rings is 1. The predicted molar refractivity (Wildman–Crippen MR) is 100 cm³/mol. The SMILES string of the molecule is CSC(C)C(=O)N1CCCCC1c1ncc(-c2ccc(C(F)(F)F)cc2)[nH]1. The Morgan fingerprint density at radius 1 is 1.30 bits per heavy atom. The number of benzene rings is 1. The van der Waals surface area contributed by atoms with Crippen LogP contribution in [0.4, 0.5) is 13.2 Å². The van der Waals surface area contributed by atoms with Gasteiger partial charge in [-0.25, -0.2) is 4.98 Å². The molecule has 0 bridgehead atoms. The first-order valence-corrected chi connectivity index (χ1v) is 10.2. The van der Waals surface area contributed by atoms with Gasteiger partial charge >= 0.3 is 6.18 Å². The highest BCUT2D eigenvalue weighted by Gasteiger charge is 2.32. The molecule has 2 heterocycles. The number of aromatic nitrogens is 2.